The van der Waals surface area contributed by atoms with Gasteiger partial charge in [-0.3, -0.25) is 9.59 Å². The van der Waals surface area contributed by atoms with E-state index in [-0.39, 0.29) is 54.6 Å². The molecule has 2 atom stereocenters. The normalized spacial score (nSPS) is 13.2. The van der Waals surface area contributed by atoms with E-state index in [2.05, 4.69) is 25.3 Å². The number of carboxylic acid groups (broad SMARTS) is 2. The van der Waals surface area contributed by atoms with Crippen molar-refractivity contribution < 1.29 is 47.1 Å². The Morgan fingerprint density at radius 2 is 1.17 bits per heavy atom. The number of hydrogen-bond acceptors (Lipinski definition) is 4. The molecule has 2 N–H and O–H groups in total. The Hall–Kier alpha value is 1.48. The summed E-state index contributed by atoms with van der Waals surface area (Å²) in [6.45, 7) is 0. The molecule has 0 amide bonds. The first-order chi connectivity index (χ1) is 4.46. The van der Waals surface area contributed by atoms with Gasteiger partial charge in [0.05, 0.1) is 0 Å². The van der Waals surface area contributed by atoms with Crippen LogP contribution in [0.4, 0.5) is 0 Å². The fourth-order valence-electron chi connectivity index (χ4n) is 0.270. The summed E-state index contributed by atoms with van der Waals surface area (Å²) in [4.78, 5) is 20.1. The summed E-state index contributed by atoms with van der Waals surface area (Å²) in [5, 5.41) is 13.9. The number of aliphatic carboxylic acids is 2. The first-order valence-corrected chi connectivity index (χ1v) is 3.32. The van der Waals surface area contributed by atoms with E-state index in [0.717, 1.165) is 0 Å². The van der Waals surface area contributed by atoms with Crippen molar-refractivity contribution in [3.8, 4) is 0 Å². The Kier molecular flexibility index (Phi) is 14.4. The summed E-state index contributed by atoms with van der Waals surface area (Å²) in [5.41, 5.74) is 0. The molecule has 0 aliphatic rings. The van der Waals surface area contributed by atoms with Crippen LogP contribution in [0.25, 0.3) is 0 Å². The molecule has 0 aliphatic carbocycles. The molecule has 4 nitrogen and oxygen atoms in total. The Morgan fingerprint density at radius 3 is 1.25 bits per heavy atom. The van der Waals surface area contributed by atoms with E-state index in [1.807, 2.05) is 0 Å². The quantitative estimate of drug-likeness (QED) is 0.289. The molecule has 0 aromatic rings. The maximum atomic E-state index is 10.1. The van der Waals surface area contributed by atoms with Crippen molar-refractivity contribution in [2.45, 2.75) is 10.5 Å². The fourth-order valence-corrected chi connectivity index (χ4v) is 0.525. The Labute approximate surface area is 121 Å². The van der Waals surface area contributed by atoms with Gasteiger partial charge in [0.25, 0.3) is 0 Å². The van der Waals surface area contributed by atoms with E-state index >= 15 is 0 Å². The number of carboxylic acids is 2. The molecule has 0 aromatic heterocycles. The van der Waals surface area contributed by atoms with Gasteiger partial charge in [-0.15, -0.1) is 0 Å². The van der Waals surface area contributed by atoms with Gasteiger partial charge in [0.15, 0.2) is 0 Å². The van der Waals surface area contributed by atoms with E-state index in [9.17, 15) is 9.59 Å². The summed E-state index contributed by atoms with van der Waals surface area (Å²) in [7, 11) is 0. The molecular formula is C4H8CdO4PbS2. The topological polar surface area (TPSA) is 74.6 Å². The van der Waals surface area contributed by atoms with Crippen molar-refractivity contribution >= 4 is 64.5 Å². The predicted octanol–water partition coefficient (Wildman–Crippen LogP) is -1.17. The van der Waals surface area contributed by atoms with Crippen molar-refractivity contribution in [3.63, 3.8) is 0 Å². The van der Waals surface area contributed by atoms with E-state index in [1.54, 1.807) is 0 Å². The molecule has 0 bridgehead atoms. The summed E-state index contributed by atoms with van der Waals surface area (Å²) in [5.74, 6) is -2.57. The SMILES string of the molecule is O=C(O)C(S)C(S)C(=O)O.[Cd].[PbH2]. The Balaban J connectivity index is -0.000000405. The fraction of sp³-hybridized carbons (Fsp3) is 0.500. The van der Waals surface area contributed by atoms with Crippen LogP contribution in [0.1, 0.15) is 0 Å². The number of hydrogen-bond donors (Lipinski definition) is 4. The molecule has 2 unspecified atom stereocenters. The monoisotopic (exact) mass is 506 g/mol. The molecular weight excluding hydrogens is 496 g/mol. The second-order valence-corrected chi connectivity index (χ2v) is 2.68. The first-order valence-electron chi connectivity index (χ1n) is 2.28. The molecule has 2 radical (unpaired) electrons. The third-order valence-corrected chi connectivity index (χ3v) is 2.08. The van der Waals surface area contributed by atoms with Crippen LogP contribution in [-0.4, -0.2) is 60.0 Å². The van der Waals surface area contributed by atoms with Gasteiger partial charge in [0, 0.05) is 27.3 Å². The Morgan fingerprint density at radius 1 is 1.00 bits per heavy atom. The molecule has 0 fully saturated rings. The van der Waals surface area contributed by atoms with E-state index in [4.69, 9.17) is 10.2 Å². The van der Waals surface area contributed by atoms with Crippen molar-refractivity contribution in [3.05, 3.63) is 0 Å². The van der Waals surface area contributed by atoms with Gasteiger partial charge in [0.1, 0.15) is 10.5 Å². The molecule has 0 aliphatic heterocycles. The van der Waals surface area contributed by atoms with Gasteiger partial charge in [-0.05, 0) is 0 Å². The molecule has 0 saturated heterocycles. The van der Waals surface area contributed by atoms with Crippen LogP contribution in [0, 0.1) is 0 Å². The van der Waals surface area contributed by atoms with Crippen molar-refractivity contribution in [1.82, 2.24) is 0 Å². The van der Waals surface area contributed by atoms with Crippen LogP contribution in [0.15, 0.2) is 0 Å². The first kappa shape index (κ1) is 19.1. The minimum absolute atomic E-state index is 0. The molecule has 0 rings (SSSR count). The average Bonchev–Trinajstić information content (AvgIpc) is 1.84. The summed E-state index contributed by atoms with van der Waals surface area (Å²) in [6, 6.07) is 0. The Bertz CT molecular complexity index is 149. The van der Waals surface area contributed by atoms with Gasteiger partial charge in [-0.25, -0.2) is 0 Å². The number of thiol groups is 2. The number of rotatable bonds is 3. The van der Waals surface area contributed by atoms with Crippen LogP contribution >= 0.6 is 25.3 Å². The third-order valence-electron chi connectivity index (χ3n) is 0.805. The zero-order valence-corrected chi connectivity index (χ0v) is 17.5. The second kappa shape index (κ2) is 9.06. The second-order valence-electron chi connectivity index (χ2n) is 1.57. The van der Waals surface area contributed by atoms with Crippen LogP contribution in [0.3, 0.4) is 0 Å². The minimum atomic E-state index is -1.29. The van der Waals surface area contributed by atoms with Crippen LogP contribution in [0.5, 0.6) is 0 Å². The standard InChI is InChI=1S/C4H6O4S2.Cd.Pb.2H/c5-3(6)1(9)2(10)4(7)8;;;;/h1-2,9-10H,(H,5,6)(H,7,8);;;;. The van der Waals surface area contributed by atoms with E-state index in [0.29, 0.717) is 0 Å². The summed E-state index contributed by atoms with van der Waals surface area (Å²) >= 11 is 7.00. The zero-order valence-electron chi connectivity index (χ0n) is 6.17. The molecule has 8 heteroatoms. The van der Waals surface area contributed by atoms with Gasteiger partial charge in [-0.2, -0.15) is 25.3 Å². The number of carbonyl (C=O) groups is 2. The zero-order chi connectivity index (χ0) is 8.31. The molecule has 66 valence electrons. The van der Waals surface area contributed by atoms with Crippen molar-refractivity contribution in [1.29, 1.82) is 0 Å². The van der Waals surface area contributed by atoms with Gasteiger partial charge >= 0.3 is 39.2 Å². The van der Waals surface area contributed by atoms with Gasteiger partial charge in [-0.1, -0.05) is 0 Å². The van der Waals surface area contributed by atoms with Crippen molar-refractivity contribution in [2.75, 3.05) is 0 Å². The van der Waals surface area contributed by atoms with Gasteiger partial charge in [0.2, 0.25) is 0 Å². The van der Waals surface area contributed by atoms with Crippen LogP contribution in [0.2, 0.25) is 0 Å². The van der Waals surface area contributed by atoms with E-state index in [1.165, 1.54) is 0 Å². The predicted molar refractivity (Wildman–Crippen MR) is 49.4 cm³/mol. The molecule has 0 saturated carbocycles. The molecule has 0 heterocycles. The van der Waals surface area contributed by atoms with Crippen LogP contribution in [-0.2, 0) is 36.9 Å². The molecule has 0 spiro atoms. The maximum absolute atomic E-state index is 10.1. The van der Waals surface area contributed by atoms with Gasteiger partial charge < -0.3 is 10.2 Å². The van der Waals surface area contributed by atoms with Crippen LogP contribution < -0.4 is 0 Å². The van der Waals surface area contributed by atoms with E-state index < -0.39 is 22.4 Å². The molecule has 0 aromatic carbocycles. The van der Waals surface area contributed by atoms with Crippen molar-refractivity contribution in [2.24, 2.45) is 0 Å². The summed E-state index contributed by atoms with van der Waals surface area (Å²) < 4.78 is 0. The summed E-state index contributed by atoms with van der Waals surface area (Å²) in [6.07, 6.45) is 0. The third kappa shape index (κ3) is 6.94. The molecule has 12 heavy (non-hydrogen) atoms. The average molecular weight is 504 g/mol.